The predicted octanol–water partition coefficient (Wildman–Crippen LogP) is 3.88. The predicted molar refractivity (Wildman–Crippen MR) is 101 cm³/mol. The number of benzene rings is 2. The first-order valence-electron chi connectivity index (χ1n) is 8.06. The Morgan fingerprint density at radius 1 is 1.19 bits per heavy atom. The third-order valence-corrected chi connectivity index (χ3v) is 4.38. The zero-order valence-electron chi connectivity index (χ0n) is 14.1. The van der Waals surface area contributed by atoms with Crippen LogP contribution >= 0.6 is 11.6 Å². The number of ketones is 1. The van der Waals surface area contributed by atoms with Gasteiger partial charge in [0.05, 0.1) is 11.3 Å². The molecule has 27 heavy (non-hydrogen) atoms. The highest BCUT2D eigenvalue weighted by molar-refractivity contribution is 6.30. The van der Waals surface area contributed by atoms with Crippen molar-refractivity contribution in [3.63, 3.8) is 0 Å². The maximum absolute atomic E-state index is 12.9. The van der Waals surface area contributed by atoms with E-state index < -0.39 is 5.78 Å². The zero-order chi connectivity index (χ0) is 19.1. The lowest BCUT2D eigenvalue weighted by Crippen LogP contribution is -2.18. The number of phenolic OH excluding ortho intramolecular Hbond substituents is 1. The summed E-state index contributed by atoms with van der Waals surface area (Å²) in [5, 5.41) is 10.9. The molecule has 0 fully saturated rings. The Balaban J connectivity index is 1.82. The number of aryl methyl sites for hydroxylation is 1. The van der Waals surface area contributed by atoms with Gasteiger partial charge < -0.3 is 9.52 Å². The number of rotatable bonds is 3. The average Bonchev–Trinajstić information content (AvgIpc) is 3.03. The molecule has 2 aromatic carbocycles. The van der Waals surface area contributed by atoms with E-state index in [1.807, 2.05) is 0 Å². The summed E-state index contributed by atoms with van der Waals surface area (Å²) in [5.74, 6) is -0.305. The van der Waals surface area contributed by atoms with E-state index in [4.69, 9.17) is 16.0 Å². The molecule has 7 heteroatoms. The van der Waals surface area contributed by atoms with Gasteiger partial charge in [-0.2, -0.15) is 0 Å². The summed E-state index contributed by atoms with van der Waals surface area (Å²) in [6.45, 7) is 1.65. The van der Waals surface area contributed by atoms with Crippen LogP contribution in [0, 0.1) is 6.92 Å². The Hall–Kier alpha value is -3.38. The van der Waals surface area contributed by atoms with E-state index in [1.54, 1.807) is 37.3 Å². The molecule has 0 aliphatic carbocycles. The highest BCUT2D eigenvalue weighted by Crippen LogP contribution is 2.30. The number of pyridine rings is 1. The smallest absolute Gasteiger partial charge is 0.255 e. The third kappa shape index (κ3) is 3.00. The average molecular weight is 381 g/mol. The molecule has 4 aromatic rings. The minimum absolute atomic E-state index is 0.0760. The number of aromatic hydroxyl groups is 1. The second-order valence-corrected chi connectivity index (χ2v) is 6.41. The van der Waals surface area contributed by atoms with E-state index in [2.05, 4.69) is 4.98 Å². The number of hydrogen-bond donors (Lipinski definition) is 1. The van der Waals surface area contributed by atoms with Gasteiger partial charge in [-0.15, -0.1) is 0 Å². The van der Waals surface area contributed by atoms with Gasteiger partial charge in [-0.1, -0.05) is 17.7 Å². The lowest BCUT2D eigenvalue weighted by Gasteiger charge is -2.09. The molecule has 0 aliphatic rings. The molecule has 0 spiro atoms. The molecule has 134 valence electrons. The molecule has 1 N–H and O–H groups in total. The van der Waals surface area contributed by atoms with Crippen LogP contribution in [0.5, 0.6) is 5.75 Å². The van der Waals surface area contributed by atoms with Crippen molar-refractivity contribution in [2.45, 2.75) is 6.92 Å². The molecule has 2 heterocycles. The maximum Gasteiger partial charge on any atom is 0.255 e. The summed E-state index contributed by atoms with van der Waals surface area (Å²) in [7, 11) is 0. The molecule has 0 bridgehead atoms. The van der Waals surface area contributed by atoms with Crippen molar-refractivity contribution in [3.05, 3.63) is 87.1 Å². The molecule has 6 nitrogen and oxygen atoms in total. The minimum atomic E-state index is -0.439. The van der Waals surface area contributed by atoms with Crippen molar-refractivity contribution in [2.24, 2.45) is 0 Å². The van der Waals surface area contributed by atoms with Crippen molar-refractivity contribution >= 4 is 28.5 Å². The second kappa shape index (κ2) is 6.41. The summed E-state index contributed by atoms with van der Waals surface area (Å²) >= 11 is 5.99. The van der Waals surface area contributed by atoms with Gasteiger partial charge in [-0.05, 0) is 36.4 Å². The first-order chi connectivity index (χ1) is 12.9. The molecule has 0 radical (unpaired) electrons. The fraction of sp³-hybridized carbons (Fsp3) is 0.0500. The Morgan fingerprint density at radius 3 is 2.78 bits per heavy atom. The Kier molecular flexibility index (Phi) is 4.05. The Bertz CT molecular complexity index is 1260. The molecule has 0 amide bonds. The van der Waals surface area contributed by atoms with Crippen LogP contribution in [0.2, 0.25) is 5.02 Å². The fourth-order valence-corrected chi connectivity index (χ4v) is 3.06. The molecule has 0 saturated carbocycles. The zero-order valence-corrected chi connectivity index (χ0v) is 14.9. The number of halogens is 1. The van der Waals surface area contributed by atoms with Gasteiger partial charge >= 0.3 is 0 Å². The number of nitrogens with zero attached hydrogens (tertiary/aromatic N) is 2. The van der Waals surface area contributed by atoms with Crippen LogP contribution in [0.4, 0.5) is 0 Å². The summed E-state index contributed by atoms with van der Waals surface area (Å²) in [5.41, 5.74) is 1.16. The van der Waals surface area contributed by atoms with Crippen LogP contribution in [-0.2, 0) is 0 Å². The van der Waals surface area contributed by atoms with Gasteiger partial charge in [-0.3, -0.25) is 14.2 Å². The molecule has 0 saturated heterocycles. The molecule has 0 atom stereocenters. The lowest BCUT2D eigenvalue weighted by atomic mass is 10.0. The van der Waals surface area contributed by atoms with Crippen LogP contribution in [-0.4, -0.2) is 20.4 Å². The molecule has 2 aromatic heterocycles. The Labute approximate surface area is 158 Å². The number of aromatic nitrogens is 2. The number of oxazole rings is 1. The number of phenols is 1. The molecular formula is C20H13ClN2O4. The fourth-order valence-electron chi connectivity index (χ4n) is 2.88. The first-order valence-corrected chi connectivity index (χ1v) is 8.44. The standard InChI is InChI=1S/C20H13ClN2O4/c1-11-22-18-16(27-11)7-6-15(20(18)26)19(25)12-5-8-17(24)23(10-12)14-4-2-3-13(21)9-14/h2-10,26H,1H3. The summed E-state index contributed by atoms with van der Waals surface area (Å²) in [4.78, 5) is 29.2. The molecule has 0 aliphatic heterocycles. The van der Waals surface area contributed by atoms with Crippen molar-refractivity contribution in [3.8, 4) is 11.4 Å². The largest absolute Gasteiger partial charge is 0.505 e. The third-order valence-electron chi connectivity index (χ3n) is 4.15. The van der Waals surface area contributed by atoms with Crippen molar-refractivity contribution in [1.29, 1.82) is 0 Å². The highest BCUT2D eigenvalue weighted by atomic mass is 35.5. The first kappa shape index (κ1) is 17.1. The number of carbonyl (C=O) groups excluding carboxylic acids is 1. The van der Waals surface area contributed by atoms with Crippen LogP contribution in [0.15, 0.2) is 63.9 Å². The summed E-state index contributed by atoms with van der Waals surface area (Å²) in [6.07, 6.45) is 1.42. The normalized spacial score (nSPS) is 11.0. The molecular weight excluding hydrogens is 368 g/mol. The van der Waals surface area contributed by atoms with E-state index in [0.717, 1.165) is 0 Å². The van der Waals surface area contributed by atoms with Crippen molar-refractivity contribution < 1.29 is 14.3 Å². The molecule has 4 rings (SSSR count). The van der Waals surface area contributed by atoms with Crippen LogP contribution in [0.1, 0.15) is 21.8 Å². The second-order valence-electron chi connectivity index (χ2n) is 5.98. The van der Waals surface area contributed by atoms with E-state index in [1.165, 1.54) is 29.0 Å². The van der Waals surface area contributed by atoms with E-state index in [0.29, 0.717) is 22.2 Å². The topological polar surface area (TPSA) is 85.3 Å². The van der Waals surface area contributed by atoms with Crippen molar-refractivity contribution in [1.82, 2.24) is 9.55 Å². The van der Waals surface area contributed by atoms with Gasteiger partial charge in [0.2, 0.25) is 0 Å². The van der Waals surface area contributed by atoms with Gasteiger partial charge in [0.15, 0.2) is 28.5 Å². The summed E-state index contributed by atoms with van der Waals surface area (Å²) < 4.78 is 6.68. The van der Waals surface area contributed by atoms with Crippen LogP contribution in [0.3, 0.4) is 0 Å². The number of carbonyl (C=O) groups is 1. The van der Waals surface area contributed by atoms with Crippen LogP contribution < -0.4 is 5.56 Å². The SMILES string of the molecule is Cc1nc2c(O)c(C(=O)c3ccc(=O)n(-c4cccc(Cl)c4)c3)ccc2o1. The monoisotopic (exact) mass is 380 g/mol. The van der Waals surface area contributed by atoms with Gasteiger partial charge in [-0.25, -0.2) is 4.98 Å². The quantitative estimate of drug-likeness (QED) is 0.545. The highest BCUT2D eigenvalue weighted by Gasteiger charge is 2.19. The summed E-state index contributed by atoms with van der Waals surface area (Å²) in [6, 6.07) is 12.5. The maximum atomic E-state index is 12.9. The number of hydrogen-bond acceptors (Lipinski definition) is 5. The van der Waals surface area contributed by atoms with Crippen molar-refractivity contribution in [2.75, 3.05) is 0 Å². The van der Waals surface area contributed by atoms with Gasteiger partial charge in [0, 0.05) is 29.8 Å². The van der Waals surface area contributed by atoms with E-state index >= 15 is 0 Å². The van der Waals surface area contributed by atoms with Gasteiger partial charge in [0.1, 0.15) is 0 Å². The van der Waals surface area contributed by atoms with E-state index in [9.17, 15) is 14.7 Å². The molecule has 0 unspecified atom stereocenters. The van der Waals surface area contributed by atoms with Gasteiger partial charge in [0.25, 0.3) is 5.56 Å². The van der Waals surface area contributed by atoms with Crippen LogP contribution in [0.25, 0.3) is 16.8 Å². The van der Waals surface area contributed by atoms with E-state index in [-0.39, 0.29) is 28.0 Å². The minimum Gasteiger partial charge on any atom is -0.505 e. The Morgan fingerprint density at radius 2 is 2.00 bits per heavy atom. The lowest BCUT2D eigenvalue weighted by molar-refractivity contribution is 0.103. The number of fused-ring (bicyclic) bond motifs is 1.